The van der Waals surface area contributed by atoms with E-state index in [0.717, 1.165) is 12.8 Å². The maximum atomic E-state index is 12.2. The minimum Gasteiger partial charge on any atom is -0.353 e. The zero-order valence-electron chi connectivity index (χ0n) is 10.5. The molecule has 0 radical (unpaired) electrons. The molecule has 92 valence electrons. The Bertz CT molecular complexity index is 262. The van der Waals surface area contributed by atoms with E-state index in [1.54, 1.807) is 4.90 Å². The first kappa shape index (κ1) is 13.0. The summed E-state index contributed by atoms with van der Waals surface area (Å²) in [6.07, 6.45) is 2.39. The summed E-state index contributed by atoms with van der Waals surface area (Å²) in [6, 6.07) is -0.262. The fraction of sp³-hybridized carbons (Fsp3) is 0.833. The number of piperazine rings is 1. The summed E-state index contributed by atoms with van der Waals surface area (Å²) >= 11 is 0. The van der Waals surface area contributed by atoms with E-state index in [4.69, 9.17) is 0 Å². The van der Waals surface area contributed by atoms with E-state index in [1.807, 2.05) is 20.8 Å². The van der Waals surface area contributed by atoms with Gasteiger partial charge in [0.15, 0.2) is 0 Å². The third-order valence-electron chi connectivity index (χ3n) is 3.34. The molecule has 4 nitrogen and oxygen atoms in total. The molecule has 0 aromatic rings. The molecular formula is C12H22N2O2. The third kappa shape index (κ3) is 2.54. The van der Waals surface area contributed by atoms with Gasteiger partial charge in [-0.1, -0.05) is 20.8 Å². The number of carbonyl (C=O) groups is 2. The molecule has 1 heterocycles. The summed E-state index contributed by atoms with van der Waals surface area (Å²) in [6.45, 7) is 7.23. The van der Waals surface area contributed by atoms with Gasteiger partial charge >= 0.3 is 0 Å². The van der Waals surface area contributed by atoms with Crippen LogP contribution in [0.15, 0.2) is 0 Å². The van der Waals surface area contributed by atoms with Crippen molar-refractivity contribution in [3.63, 3.8) is 0 Å². The zero-order valence-corrected chi connectivity index (χ0v) is 10.5. The Hall–Kier alpha value is -1.06. The highest BCUT2D eigenvalue weighted by molar-refractivity contribution is 5.89. The average Bonchev–Trinajstić information content (AvgIpc) is 2.30. The van der Waals surface area contributed by atoms with E-state index in [-0.39, 0.29) is 23.8 Å². The van der Waals surface area contributed by atoms with Crippen molar-refractivity contribution < 1.29 is 9.59 Å². The zero-order chi connectivity index (χ0) is 12.1. The van der Waals surface area contributed by atoms with E-state index in [2.05, 4.69) is 5.32 Å². The summed E-state index contributed by atoms with van der Waals surface area (Å²) in [5, 5.41) is 2.81. The Morgan fingerprint density at radius 2 is 2.06 bits per heavy atom. The SMILES string of the molecule is CCC(CC)C(=O)N1CCNC(=O)C1CC. The molecule has 2 amide bonds. The average molecular weight is 226 g/mol. The van der Waals surface area contributed by atoms with Gasteiger partial charge in [0.1, 0.15) is 6.04 Å². The highest BCUT2D eigenvalue weighted by Gasteiger charge is 2.33. The summed E-state index contributed by atoms with van der Waals surface area (Å²) in [4.78, 5) is 25.6. The van der Waals surface area contributed by atoms with Crippen LogP contribution >= 0.6 is 0 Å². The normalized spacial score (nSPS) is 21.1. The van der Waals surface area contributed by atoms with Crippen LogP contribution in [0.3, 0.4) is 0 Å². The van der Waals surface area contributed by atoms with Crippen LogP contribution in [-0.4, -0.2) is 35.8 Å². The van der Waals surface area contributed by atoms with Gasteiger partial charge in [-0.15, -0.1) is 0 Å². The van der Waals surface area contributed by atoms with E-state index in [9.17, 15) is 9.59 Å². The van der Waals surface area contributed by atoms with Gasteiger partial charge < -0.3 is 10.2 Å². The smallest absolute Gasteiger partial charge is 0.242 e. The molecule has 0 aromatic heterocycles. The number of carbonyl (C=O) groups excluding carboxylic acids is 2. The summed E-state index contributed by atoms with van der Waals surface area (Å²) < 4.78 is 0. The lowest BCUT2D eigenvalue weighted by atomic mass is 9.99. The molecule has 1 aliphatic rings. The second-order valence-electron chi connectivity index (χ2n) is 4.26. The van der Waals surface area contributed by atoms with Crippen LogP contribution in [0.4, 0.5) is 0 Å². The largest absolute Gasteiger partial charge is 0.353 e. The van der Waals surface area contributed by atoms with Crippen LogP contribution in [0.5, 0.6) is 0 Å². The standard InChI is InChI=1S/C12H22N2O2/c1-4-9(5-2)12(16)14-8-7-13-11(15)10(14)6-3/h9-10H,4-8H2,1-3H3,(H,13,15). The number of rotatable bonds is 4. The molecule has 0 aliphatic carbocycles. The number of nitrogens with one attached hydrogen (secondary N) is 1. The number of hydrogen-bond donors (Lipinski definition) is 1. The van der Waals surface area contributed by atoms with E-state index in [1.165, 1.54) is 0 Å². The molecule has 4 heteroatoms. The summed E-state index contributed by atoms with van der Waals surface area (Å²) in [5.74, 6) is 0.208. The second-order valence-corrected chi connectivity index (χ2v) is 4.26. The predicted molar refractivity (Wildman–Crippen MR) is 62.9 cm³/mol. The molecule has 0 spiro atoms. The fourth-order valence-corrected chi connectivity index (χ4v) is 2.26. The van der Waals surface area contributed by atoms with Crippen LogP contribution in [0.1, 0.15) is 40.0 Å². The first-order valence-electron chi connectivity index (χ1n) is 6.23. The minimum absolute atomic E-state index is 0.00643. The molecule has 0 bridgehead atoms. The quantitative estimate of drug-likeness (QED) is 0.782. The van der Waals surface area contributed by atoms with Crippen LogP contribution in [0.25, 0.3) is 0 Å². The molecule has 16 heavy (non-hydrogen) atoms. The van der Waals surface area contributed by atoms with Crippen LogP contribution in [0, 0.1) is 5.92 Å². The molecule has 1 rings (SSSR count). The predicted octanol–water partition coefficient (Wildman–Crippen LogP) is 1.16. The molecule has 1 atom stereocenters. The van der Waals surface area contributed by atoms with Gasteiger partial charge in [0.25, 0.3) is 0 Å². The molecule has 1 N–H and O–H groups in total. The van der Waals surface area contributed by atoms with Gasteiger partial charge in [0.05, 0.1) is 0 Å². The Labute approximate surface area is 97.4 Å². The Morgan fingerprint density at radius 1 is 1.44 bits per heavy atom. The van der Waals surface area contributed by atoms with Crippen LogP contribution in [0.2, 0.25) is 0 Å². The van der Waals surface area contributed by atoms with Gasteiger partial charge in [-0.05, 0) is 19.3 Å². The Kier molecular flexibility index (Phi) is 4.77. The van der Waals surface area contributed by atoms with Crippen molar-refractivity contribution in [1.29, 1.82) is 0 Å². The molecule has 0 saturated carbocycles. The lowest BCUT2D eigenvalue weighted by Crippen LogP contribution is -2.58. The monoisotopic (exact) mass is 226 g/mol. The third-order valence-corrected chi connectivity index (χ3v) is 3.34. The van der Waals surface area contributed by atoms with Crippen LogP contribution in [-0.2, 0) is 9.59 Å². The second kappa shape index (κ2) is 5.87. The first-order valence-corrected chi connectivity index (χ1v) is 6.23. The maximum absolute atomic E-state index is 12.2. The number of amides is 2. The first-order chi connectivity index (χ1) is 7.65. The van der Waals surface area contributed by atoms with Crippen molar-refractivity contribution in [3.8, 4) is 0 Å². The molecular weight excluding hydrogens is 204 g/mol. The summed E-state index contributed by atoms with van der Waals surface area (Å²) in [5.41, 5.74) is 0. The lowest BCUT2D eigenvalue weighted by Gasteiger charge is -2.36. The highest BCUT2D eigenvalue weighted by Crippen LogP contribution is 2.17. The highest BCUT2D eigenvalue weighted by atomic mass is 16.2. The topological polar surface area (TPSA) is 49.4 Å². The molecule has 0 aromatic carbocycles. The van der Waals surface area contributed by atoms with E-state index in [0.29, 0.717) is 19.5 Å². The Balaban J connectivity index is 2.76. The van der Waals surface area contributed by atoms with Gasteiger partial charge in [-0.3, -0.25) is 9.59 Å². The minimum atomic E-state index is -0.262. The molecule has 1 saturated heterocycles. The van der Waals surface area contributed by atoms with Crippen molar-refractivity contribution in [2.45, 2.75) is 46.1 Å². The van der Waals surface area contributed by atoms with E-state index >= 15 is 0 Å². The lowest BCUT2D eigenvalue weighted by molar-refractivity contribution is -0.146. The van der Waals surface area contributed by atoms with Gasteiger partial charge in [0, 0.05) is 19.0 Å². The Morgan fingerprint density at radius 3 is 2.56 bits per heavy atom. The van der Waals surface area contributed by atoms with Crippen molar-refractivity contribution >= 4 is 11.8 Å². The number of nitrogens with zero attached hydrogens (tertiary/aromatic N) is 1. The summed E-state index contributed by atoms with van der Waals surface area (Å²) in [7, 11) is 0. The maximum Gasteiger partial charge on any atom is 0.242 e. The van der Waals surface area contributed by atoms with Gasteiger partial charge in [0.2, 0.25) is 11.8 Å². The van der Waals surface area contributed by atoms with Crippen molar-refractivity contribution in [1.82, 2.24) is 10.2 Å². The van der Waals surface area contributed by atoms with Crippen molar-refractivity contribution in [3.05, 3.63) is 0 Å². The van der Waals surface area contributed by atoms with Gasteiger partial charge in [-0.2, -0.15) is 0 Å². The fourth-order valence-electron chi connectivity index (χ4n) is 2.26. The number of hydrogen-bond acceptors (Lipinski definition) is 2. The van der Waals surface area contributed by atoms with Gasteiger partial charge in [-0.25, -0.2) is 0 Å². The molecule has 1 aliphatic heterocycles. The molecule has 1 fully saturated rings. The van der Waals surface area contributed by atoms with Crippen molar-refractivity contribution in [2.75, 3.05) is 13.1 Å². The van der Waals surface area contributed by atoms with Crippen LogP contribution < -0.4 is 5.32 Å². The molecule has 1 unspecified atom stereocenters. The van der Waals surface area contributed by atoms with E-state index < -0.39 is 0 Å². The van der Waals surface area contributed by atoms with Crippen molar-refractivity contribution in [2.24, 2.45) is 5.92 Å².